The quantitative estimate of drug-likeness (QED) is 0.813. The van der Waals surface area contributed by atoms with Gasteiger partial charge in [0.2, 0.25) is 5.91 Å². The zero-order valence-electron chi connectivity index (χ0n) is 10.3. The van der Waals surface area contributed by atoms with Crippen LogP contribution in [0.4, 0.5) is 0 Å². The van der Waals surface area contributed by atoms with Crippen LogP contribution in [0, 0.1) is 5.92 Å². The van der Waals surface area contributed by atoms with E-state index < -0.39 is 0 Å². The standard InChI is InChI=1S/C11H22N2OS.ClH/c1-8(7-15-3)11(14)13-10-4-5-12-9(2)6-10;/h8-10,12H,4-7H2,1-3H3,(H,13,14);1H. The second-order valence-corrected chi connectivity index (χ2v) is 5.35. The maximum atomic E-state index is 11.8. The topological polar surface area (TPSA) is 41.1 Å². The Morgan fingerprint density at radius 1 is 1.62 bits per heavy atom. The summed E-state index contributed by atoms with van der Waals surface area (Å²) in [6, 6.07) is 0.901. The lowest BCUT2D eigenvalue weighted by atomic mass is 10.00. The highest BCUT2D eigenvalue weighted by atomic mass is 35.5. The first-order valence-corrected chi connectivity index (χ1v) is 7.05. The van der Waals surface area contributed by atoms with Crippen LogP contribution in [0.25, 0.3) is 0 Å². The van der Waals surface area contributed by atoms with Crippen LogP contribution in [-0.2, 0) is 4.79 Å². The first kappa shape index (κ1) is 16.1. The summed E-state index contributed by atoms with van der Waals surface area (Å²) in [5.74, 6) is 1.25. The molecule has 0 radical (unpaired) electrons. The average molecular weight is 267 g/mol. The maximum absolute atomic E-state index is 11.8. The summed E-state index contributed by atoms with van der Waals surface area (Å²) in [4.78, 5) is 11.8. The Labute approximate surface area is 109 Å². The molecule has 96 valence electrons. The first-order valence-electron chi connectivity index (χ1n) is 5.66. The lowest BCUT2D eigenvalue weighted by Gasteiger charge is -2.29. The molecule has 0 bridgehead atoms. The van der Waals surface area contributed by atoms with Crippen LogP contribution in [0.3, 0.4) is 0 Å². The van der Waals surface area contributed by atoms with Gasteiger partial charge < -0.3 is 10.6 Å². The Morgan fingerprint density at radius 3 is 2.88 bits per heavy atom. The fraction of sp³-hybridized carbons (Fsp3) is 0.909. The molecule has 5 heteroatoms. The van der Waals surface area contributed by atoms with Gasteiger partial charge in [0.15, 0.2) is 0 Å². The van der Waals surface area contributed by atoms with Crippen molar-refractivity contribution in [2.24, 2.45) is 5.92 Å². The third kappa shape index (κ3) is 5.41. The molecule has 1 rings (SSSR count). The van der Waals surface area contributed by atoms with Crippen molar-refractivity contribution in [2.45, 2.75) is 38.8 Å². The molecule has 16 heavy (non-hydrogen) atoms. The number of hydrogen-bond acceptors (Lipinski definition) is 3. The van der Waals surface area contributed by atoms with E-state index in [2.05, 4.69) is 17.6 Å². The van der Waals surface area contributed by atoms with Crippen molar-refractivity contribution in [1.29, 1.82) is 0 Å². The zero-order valence-corrected chi connectivity index (χ0v) is 11.9. The SMILES string of the molecule is CSCC(C)C(=O)NC1CCNC(C)C1.Cl. The van der Waals surface area contributed by atoms with E-state index in [4.69, 9.17) is 0 Å². The Morgan fingerprint density at radius 2 is 2.31 bits per heavy atom. The Balaban J connectivity index is 0.00000225. The minimum absolute atomic E-state index is 0. The molecule has 0 aromatic heterocycles. The molecule has 1 aliphatic heterocycles. The molecule has 2 N–H and O–H groups in total. The lowest BCUT2D eigenvalue weighted by Crippen LogP contribution is -2.48. The van der Waals surface area contributed by atoms with E-state index in [0.29, 0.717) is 12.1 Å². The number of nitrogens with one attached hydrogen (secondary N) is 2. The minimum Gasteiger partial charge on any atom is -0.353 e. The number of carbonyl (C=O) groups excluding carboxylic acids is 1. The number of thioether (sulfide) groups is 1. The molecule has 3 atom stereocenters. The number of rotatable bonds is 4. The Bertz CT molecular complexity index is 216. The van der Waals surface area contributed by atoms with Gasteiger partial charge in [0.1, 0.15) is 0 Å². The van der Waals surface area contributed by atoms with Crippen LogP contribution in [0.2, 0.25) is 0 Å². The van der Waals surface area contributed by atoms with E-state index in [1.54, 1.807) is 11.8 Å². The van der Waals surface area contributed by atoms with Crippen LogP contribution in [-0.4, -0.2) is 36.5 Å². The van der Waals surface area contributed by atoms with E-state index in [-0.39, 0.29) is 24.2 Å². The number of halogens is 1. The zero-order chi connectivity index (χ0) is 11.3. The molecule has 1 aliphatic rings. The van der Waals surface area contributed by atoms with Crippen molar-refractivity contribution in [3.05, 3.63) is 0 Å². The van der Waals surface area contributed by atoms with Crippen molar-refractivity contribution in [3.63, 3.8) is 0 Å². The molecule has 1 saturated heterocycles. The van der Waals surface area contributed by atoms with Gasteiger partial charge in [0.25, 0.3) is 0 Å². The molecule has 3 nitrogen and oxygen atoms in total. The van der Waals surface area contributed by atoms with E-state index in [9.17, 15) is 4.79 Å². The van der Waals surface area contributed by atoms with Crippen molar-refractivity contribution < 1.29 is 4.79 Å². The third-order valence-electron chi connectivity index (χ3n) is 2.83. The number of carbonyl (C=O) groups is 1. The van der Waals surface area contributed by atoms with Crippen LogP contribution in [0.5, 0.6) is 0 Å². The second kappa shape index (κ2) is 8.20. The fourth-order valence-corrected chi connectivity index (χ4v) is 2.58. The summed E-state index contributed by atoms with van der Waals surface area (Å²) < 4.78 is 0. The molecule has 0 aliphatic carbocycles. The highest BCUT2D eigenvalue weighted by Gasteiger charge is 2.21. The first-order chi connectivity index (χ1) is 7.13. The van der Waals surface area contributed by atoms with E-state index in [0.717, 1.165) is 25.1 Å². The number of amides is 1. The molecule has 0 aromatic rings. The van der Waals surface area contributed by atoms with Gasteiger partial charge in [0.05, 0.1) is 0 Å². The molecule has 0 spiro atoms. The summed E-state index contributed by atoms with van der Waals surface area (Å²) in [6.45, 7) is 5.18. The van der Waals surface area contributed by atoms with Crippen molar-refractivity contribution in [2.75, 3.05) is 18.6 Å². The Hall–Kier alpha value is 0.0700. The van der Waals surface area contributed by atoms with Gasteiger partial charge in [-0.25, -0.2) is 0 Å². The van der Waals surface area contributed by atoms with Gasteiger partial charge in [0, 0.05) is 23.8 Å². The monoisotopic (exact) mass is 266 g/mol. The average Bonchev–Trinajstić information content (AvgIpc) is 2.18. The van der Waals surface area contributed by atoms with Crippen LogP contribution < -0.4 is 10.6 Å². The minimum atomic E-state index is 0. The predicted molar refractivity (Wildman–Crippen MR) is 73.4 cm³/mol. The van der Waals surface area contributed by atoms with Crippen molar-refractivity contribution in [1.82, 2.24) is 10.6 Å². The van der Waals surface area contributed by atoms with E-state index in [1.807, 2.05) is 13.2 Å². The fourth-order valence-electron chi connectivity index (χ4n) is 1.93. The molecule has 3 unspecified atom stereocenters. The van der Waals surface area contributed by atoms with Crippen LogP contribution in [0.15, 0.2) is 0 Å². The van der Waals surface area contributed by atoms with Gasteiger partial charge >= 0.3 is 0 Å². The number of hydrogen-bond donors (Lipinski definition) is 2. The van der Waals surface area contributed by atoms with Gasteiger partial charge in [-0.15, -0.1) is 12.4 Å². The van der Waals surface area contributed by atoms with Gasteiger partial charge in [-0.1, -0.05) is 6.92 Å². The van der Waals surface area contributed by atoms with E-state index in [1.165, 1.54) is 0 Å². The smallest absolute Gasteiger partial charge is 0.223 e. The summed E-state index contributed by atoms with van der Waals surface area (Å²) in [7, 11) is 0. The molecular weight excluding hydrogens is 244 g/mol. The summed E-state index contributed by atoms with van der Waals surface area (Å²) >= 11 is 1.73. The second-order valence-electron chi connectivity index (χ2n) is 4.44. The van der Waals surface area contributed by atoms with Crippen molar-refractivity contribution in [3.8, 4) is 0 Å². The summed E-state index contributed by atoms with van der Waals surface area (Å²) in [5, 5.41) is 6.53. The van der Waals surface area contributed by atoms with Gasteiger partial charge in [-0.05, 0) is 32.6 Å². The highest BCUT2D eigenvalue weighted by molar-refractivity contribution is 7.98. The van der Waals surface area contributed by atoms with Gasteiger partial charge in [-0.3, -0.25) is 4.79 Å². The predicted octanol–water partition coefficient (Wildman–Crippen LogP) is 1.66. The molecule has 1 heterocycles. The summed E-state index contributed by atoms with van der Waals surface area (Å²) in [6.07, 6.45) is 4.15. The summed E-state index contributed by atoms with van der Waals surface area (Å²) in [5.41, 5.74) is 0. The molecule has 1 fully saturated rings. The normalized spacial score (nSPS) is 26.7. The maximum Gasteiger partial charge on any atom is 0.223 e. The van der Waals surface area contributed by atoms with Crippen LogP contribution in [0.1, 0.15) is 26.7 Å². The highest BCUT2D eigenvalue weighted by Crippen LogP contribution is 2.10. The van der Waals surface area contributed by atoms with Crippen molar-refractivity contribution >= 4 is 30.1 Å². The van der Waals surface area contributed by atoms with Crippen LogP contribution >= 0.6 is 24.2 Å². The number of piperidine rings is 1. The molecule has 0 saturated carbocycles. The molecule has 1 amide bonds. The molecular formula is C11H23ClN2OS. The third-order valence-corrected chi connectivity index (χ3v) is 3.67. The lowest BCUT2D eigenvalue weighted by molar-refractivity contribution is -0.124. The molecule has 0 aromatic carbocycles. The van der Waals surface area contributed by atoms with E-state index >= 15 is 0 Å². The van der Waals surface area contributed by atoms with Gasteiger partial charge in [-0.2, -0.15) is 11.8 Å². The largest absolute Gasteiger partial charge is 0.353 e. The Kier molecular flexibility index (Phi) is 8.24.